The van der Waals surface area contributed by atoms with Gasteiger partial charge in [-0.25, -0.2) is 4.79 Å². The molecule has 0 saturated carbocycles. The fraction of sp³-hybridized carbons (Fsp3) is 0.417. The molecule has 102 valence electrons. The van der Waals surface area contributed by atoms with Crippen LogP contribution in [0.5, 0.6) is 0 Å². The average molecular weight is 263 g/mol. The summed E-state index contributed by atoms with van der Waals surface area (Å²) in [6.07, 6.45) is 0.706. The molecule has 2 aromatic heterocycles. The molecule has 0 unspecified atom stereocenters. The van der Waals surface area contributed by atoms with Crippen LogP contribution in [0.15, 0.2) is 21.7 Å². The smallest absolute Gasteiger partial charge is 0.329 e. The predicted octanol–water partition coefficient (Wildman–Crippen LogP) is 0.0224. The van der Waals surface area contributed by atoms with Gasteiger partial charge in [-0.05, 0) is 26.3 Å². The van der Waals surface area contributed by atoms with Gasteiger partial charge in [0.25, 0.3) is 5.56 Å². The van der Waals surface area contributed by atoms with Crippen LogP contribution < -0.4 is 17.0 Å². The largest absolute Gasteiger partial charge is 0.385 e. The lowest BCUT2D eigenvalue weighted by molar-refractivity contribution is 0.508. The lowest BCUT2D eigenvalue weighted by Crippen LogP contribution is -2.31. The maximum Gasteiger partial charge on any atom is 0.329 e. The molecule has 0 spiro atoms. The van der Waals surface area contributed by atoms with E-state index in [9.17, 15) is 9.59 Å². The van der Waals surface area contributed by atoms with Gasteiger partial charge in [0.15, 0.2) is 0 Å². The van der Waals surface area contributed by atoms with E-state index in [-0.39, 0.29) is 5.82 Å². The van der Waals surface area contributed by atoms with Crippen molar-refractivity contribution in [3.05, 3.63) is 44.4 Å². The fourth-order valence-corrected chi connectivity index (χ4v) is 2.05. The molecule has 0 aliphatic carbocycles. The van der Waals surface area contributed by atoms with E-state index in [1.165, 1.54) is 10.6 Å². The van der Waals surface area contributed by atoms with E-state index in [1.54, 1.807) is 0 Å². The molecule has 0 aromatic carbocycles. The summed E-state index contributed by atoms with van der Waals surface area (Å²) in [7, 11) is 0. The Morgan fingerprint density at radius 1 is 1.26 bits per heavy atom. The molecule has 0 atom stereocenters. The van der Waals surface area contributed by atoms with E-state index in [1.807, 2.05) is 24.6 Å². The second kappa shape index (κ2) is 5.13. The minimum absolute atomic E-state index is 0.183. The zero-order valence-corrected chi connectivity index (χ0v) is 11.0. The van der Waals surface area contributed by atoms with Gasteiger partial charge in [0.05, 0.1) is 5.69 Å². The maximum absolute atomic E-state index is 11.6. The molecule has 19 heavy (non-hydrogen) atoms. The summed E-state index contributed by atoms with van der Waals surface area (Å²) in [5.74, 6) is 0.183. The van der Waals surface area contributed by atoms with Crippen LogP contribution in [-0.2, 0) is 13.1 Å². The van der Waals surface area contributed by atoms with Crippen LogP contribution in [0, 0.1) is 13.8 Å². The second-order valence-corrected chi connectivity index (χ2v) is 4.52. The van der Waals surface area contributed by atoms with Gasteiger partial charge in [-0.1, -0.05) is 0 Å². The first-order chi connectivity index (χ1) is 8.97. The van der Waals surface area contributed by atoms with Crippen LogP contribution in [0.25, 0.3) is 0 Å². The van der Waals surface area contributed by atoms with Gasteiger partial charge in [-0.3, -0.25) is 19.0 Å². The number of hydrogen-bond donors (Lipinski definition) is 2. The third-order valence-corrected chi connectivity index (χ3v) is 2.92. The van der Waals surface area contributed by atoms with Crippen molar-refractivity contribution in [1.29, 1.82) is 0 Å². The Bertz CT molecular complexity index is 695. The summed E-state index contributed by atoms with van der Waals surface area (Å²) in [5, 5.41) is 4.34. The van der Waals surface area contributed by atoms with E-state index in [4.69, 9.17) is 5.73 Å². The number of nitrogens with zero attached hydrogens (tertiary/aromatic N) is 3. The quantitative estimate of drug-likeness (QED) is 0.812. The number of nitrogen functional groups attached to an aromatic ring is 1. The molecular weight excluding hydrogens is 246 g/mol. The summed E-state index contributed by atoms with van der Waals surface area (Å²) in [6.45, 7) is 5.07. The van der Waals surface area contributed by atoms with Crippen LogP contribution in [0.3, 0.4) is 0 Å². The Kier molecular flexibility index (Phi) is 3.55. The standard InChI is InChI=1S/C12H17N5O2/c1-8-6-9(2)17(15-8)5-3-4-16-10(13)7-11(18)14-12(16)19/h6-7H,3-5,13H2,1-2H3,(H,14,18,19). The molecule has 7 nitrogen and oxygen atoms in total. The highest BCUT2D eigenvalue weighted by Gasteiger charge is 2.04. The lowest BCUT2D eigenvalue weighted by atomic mass is 10.3. The number of aryl methyl sites for hydroxylation is 3. The molecule has 2 aromatic rings. The van der Waals surface area contributed by atoms with Crippen molar-refractivity contribution in [1.82, 2.24) is 19.3 Å². The van der Waals surface area contributed by atoms with Crippen molar-refractivity contribution >= 4 is 5.82 Å². The topological polar surface area (TPSA) is 98.7 Å². The number of anilines is 1. The minimum Gasteiger partial charge on any atom is -0.385 e. The van der Waals surface area contributed by atoms with Crippen molar-refractivity contribution in [2.24, 2.45) is 0 Å². The van der Waals surface area contributed by atoms with E-state index in [0.717, 1.165) is 11.4 Å². The lowest BCUT2D eigenvalue weighted by Gasteiger charge is -2.09. The molecule has 0 radical (unpaired) electrons. The number of aromatic nitrogens is 4. The van der Waals surface area contributed by atoms with Crippen LogP contribution >= 0.6 is 0 Å². The van der Waals surface area contributed by atoms with E-state index in [0.29, 0.717) is 19.5 Å². The van der Waals surface area contributed by atoms with Gasteiger partial charge in [-0.2, -0.15) is 5.10 Å². The van der Waals surface area contributed by atoms with Crippen LogP contribution in [0.4, 0.5) is 5.82 Å². The minimum atomic E-state index is -0.475. The molecule has 2 heterocycles. The van der Waals surface area contributed by atoms with Gasteiger partial charge in [0, 0.05) is 24.8 Å². The Hall–Kier alpha value is -2.31. The molecule has 3 N–H and O–H groups in total. The number of aromatic amines is 1. The summed E-state index contributed by atoms with van der Waals surface area (Å²) in [4.78, 5) is 24.8. The highest BCUT2D eigenvalue weighted by molar-refractivity contribution is 5.25. The summed E-state index contributed by atoms with van der Waals surface area (Å²) >= 11 is 0. The van der Waals surface area contributed by atoms with Gasteiger partial charge < -0.3 is 5.73 Å². The van der Waals surface area contributed by atoms with Crippen LogP contribution in [0.2, 0.25) is 0 Å². The van der Waals surface area contributed by atoms with Crippen molar-refractivity contribution in [2.75, 3.05) is 5.73 Å². The number of nitrogens with two attached hydrogens (primary N) is 1. The van der Waals surface area contributed by atoms with Crippen molar-refractivity contribution < 1.29 is 0 Å². The SMILES string of the molecule is Cc1cc(C)n(CCCn2c(N)cc(=O)[nH]c2=O)n1. The Morgan fingerprint density at radius 2 is 2.00 bits per heavy atom. The van der Waals surface area contributed by atoms with Crippen molar-refractivity contribution in [2.45, 2.75) is 33.4 Å². The molecule has 0 saturated heterocycles. The molecule has 0 aliphatic heterocycles. The Balaban J connectivity index is 2.06. The number of nitrogens with one attached hydrogen (secondary N) is 1. The predicted molar refractivity (Wildman–Crippen MR) is 72.1 cm³/mol. The highest BCUT2D eigenvalue weighted by Crippen LogP contribution is 2.04. The molecule has 0 amide bonds. The molecule has 7 heteroatoms. The zero-order valence-electron chi connectivity index (χ0n) is 11.0. The van der Waals surface area contributed by atoms with Gasteiger partial charge in [-0.15, -0.1) is 0 Å². The third-order valence-electron chi connectivity index (χ3n) is 2.92. The summed E-state index contributed by atoms with van der Waals surface area (Å²) in [6, 6.07) is 3.21. The monoisotopic (exact) mass is 263 g/mol. The summed E-state index contributed by atoms with van der Waals surface area (Å²) < 4.78 is 3.25. The van der Waals surface area contributed by atoms with Gasteiger partial charge in [0.1, 0.15) is 5.82 Å². The normalized spacial score (nSPS) is 10.8. The number of rotatable bonds is 4. The van der Waals surface area contributed by atoms with Crippen LogP contribution in [-0.4, -0.2) is 19.3 Å². The second-order valence-electron chi connectivity index (χ2n) is 4.52. The van der Waals surface area contributed by atoms with Crippen LogP contribution in [0.1, 0.15) is 17.8 Å². The molecule has 0 bridgehead atoms. The van der Waals surface area contributed by atoms with Crippen molar-refractivity contribution in [3.63, 3.8) is 0 Å². The van der Waals surface area contributed by atoms with E-state index in [2.05, 4.69) is 10.1 Å². The third kappa shape index (κ3) is 2.93. The molecular formula is C12H17N5O2. The van der Waals surface area contributed by atoms with E-state index >= 15 is 0 Å². The summed E-state index contributed by atoms with van der Waals surface area (Å²) in [5.41, 5.74) is 6.76. The highest BCUT2D eigenvalue weighted by atomic mass is 16.2. The number of hydrogen-bond acceptors (Lipinski definition) is 4. The van der Waals surface area contributed by atoms with Gasteiger partial charge in [0.2, 0.25) is 0 Å². The number of H-pyrrole nitrogens is 1. The average Bonchev–Trinajstić information content (AvgIpc) is 2.61. The zero-order chi connectivity index (χ0) is 14.0. The fourth-order valence-electron chi connectivity index (χ4n) is 2.05. The molecule has 2 rings (SSSR count). The first-order valence-corrected chi connectivity index (χ1v) is 6.08. The maximum atomic E-state index is 11.6. The van der Waals surface area contributed by atoms with Gasteiger partial charge >= 0.3 is 5.69 Å². The molecule has 0 fully saturated rings. The Morgan fingerprint density at radius 3 is 2.58 bits per heavy atom. The first-order valence-electron chi connectivity index (χ1n) is 6.08. The molecule has 0 aliphatic rings. The van der Waals surface area contributed by atoms with E-state index < -0.39 is 11.2 Å². The Labute approximate surface area is 109 Å². The van der Waals surface area contributed by atoms with Crippen molar-refractivity contribution in [3.8, 4) is 0 Å². The first kappa shape index (κ1) is 13.1.